The molecule has 6 heteroatoms. The standard InChI is InChI=1S/C28H35NO3SSi/c1-5-12-24(29-33(30,31)25-19-17-23(2)18-20-25)21-22-28(3,4)34(32,26-13-8-6-9-14-26)27-15-10-7-11-16-27/h5-11,13-20,24,29,32H,1,12,21-22H2,2-4H3/t24-/m0/s1. The number of nitrogens with one attached hydrogen (secondary N) is 1. The Morgan fingerprint density at radius 1 is 0.941 bits per heavy atom. The molecule has 0 spiro atoms. The molecule has 0 saturated carbocycles. The summed E-state index contributed by atoms with van der Waals surface area (Å²) in [5.74, 6) is 0. The molecule has 0 saturated heterocycles. The molecule has 0 heterocycles. The predicted octanol–water partition coefficient (Wildman–Crippen LogP) is 4.53. The van der Waals surface area contributed by atoms with Gasteiger partial charge in [0.05, 0.1) is 4.90 Å². The van der Waals surface area contributed by atoms with E-state index in [0.29, 0.717) is 19.3 Å². The number of aryl methyl sites for hydroxylation is 1. The molecule has 0 unspecified atom stereocenters. The smallest absolute Gasteiger partial charge is 0.258 e. The molecule has 2 N–H and O–H groups in total. The van der Waals surface area contributed by atoms with Crippen LogP contribution in [0.2, 0.25) is 5.04 Å². The number of hydrogen-bond donors (Lipinski definition) is 2. The highest BCUT2D eigenvalue weighted by molar-refractivity contribution is 7.89. The van der Waals surface area contributed by atoms with E-state index in [1.54, 1.807) is 30.3 Å². The third kappa shape index (κ3) is 5.75. The summed E-state index contributed by atoms with van der Waals surface area (Å²) in [4.78, 5) is 12.6. The summed E-state index contributed by atoms with van der Waals surface area (Å²) in [6.45, 7) is 9.95. The van der Waals surface area contributed by atoms with Gasteiger partial charge in [-0.2, -0.15) is 0 Å². The minimum Gasteiger partial charge on any atom is -0.424 e. The molecule has 3 aromatic carbocycles. The van der Waals surface area contributed by atoms with Crippen LogP contribution in [0.15, 0.2) is 102 Å². The molecule has 3 rings (SSSR count). The van der Waals surface area contributed by atoms with E-state index in [1.165, 1.54) is 0 Å². The van der Waals surface area contributed by atoms with Gasteiger partial charge in [-0.15, -0.1) is 6.58 Å². The molecule has 1 atom stereocenters. The van der Waals surface area contributed by atoms with Gasteiger partial charge < -0.3 is 4.80 Å². The molecular weight excluding hydrogens is 458 g/mol. The van der Waals surface area contributed by atoms with Gasteiger partial charge in [-0.05, 0) is 53.7 Å². The predicted molar refractivity (Wildman–Crippen MR) is 144 cm³/mol. The average Bonchev–Trinajstić information content (AvgIpc) is 2.83. The first-order valence-corrected chi connectivity index (χ1v) is 15.1. The Hall–Kier alpha value is -2.51. The fraction of sp³-hybridized carbons (Fsp3) is 0.286. The van der Waals surface area contributed by atoms with Crippen LogP contribution in [-0.4, -0.2) is 27.6 Å². The monoisotopic (exact) mass is 493 g/mol. The van der Waals surface area contributed by atoms with Crippen LogP contribution >= 0.6 is 0 Å². The lowest BCUT2D eigenvalue weighted by atomic mass is 10.0. The van der Waals surface area contributed by atoms with Crippen LogP contribution in [0.3, 0.4) is 0 Å². The van der Waals surface area contributed by atoms with Crippen molar-refractivity contribution in [2.75, 3.05) is 0 Å². The Kier molecular flexibility index (Phi) is 8.31. The van der Waals surface area contributed by atoms with E-state index in [4.69, 9.17) is 0 Å². The van der Waals surface area contributed by atoms with Crippen LogP contribution in [0.1, 0.15) is 38.7 Å². The molecule has 0 aliphatic carbocycles. The first-order chi connectivity index (χ1) is 16.1. The van der Waals surface area contributed by atoms with Crippen molar-refractivity contribution in [2.24, 2.45) is 0 Å². The van der Waals surface area contributed by atoms with Gasteiger partial charge in [-0.1, -0.05) is 98.3 Å². The number of sulfonamides is 1. The normalized spacial score (nSPS) is 13.4. The maximum Gasteiger partial charge on any atom is 0.258 e. The summed E-state index contributed by atoms with van der Waals surface area (Å²) in [5, 5.41) is 1.45. The van der Waals surface area contributed by atoms with Crippen LogP contribution < -0.4 is 15.1 Å². The summed E-state index contributed by atoms with van der Waals surface area (Å²) in [6, 6.07) is 26.3. The molecule has 0 fully saturated rings. The molecule has 0 aliphatic rings. The lowest BCUT2D eigenvalue weighted by molar-refractivity contribution is 0.427. The van der Waals surface area contributed by atoms with Gasteiger partial charge in [0, 0.05) is 6.04 Å². The third-order valence-electron chi connectivity index (χ3n) is 6.58. The Bertz CT molecular complexity index is 1140. The summed E-state index contributed by atoms with van der Waals surface area (Å²) >= 11 is 0. The van der Waals surface area contributed by atoms with Gasteiger partial charge in [0.25, 0.3) is 8.32 Å². The van der Waals surface area contributed by atoms with E-state index >= 15 is 0 Å². The second-order valence-corrected chi connectivity index (χ2v) is 15.2. The van der Waals surface area contributed by atoms with Crippen molar-refractivity contribution in [2.45, 2.75) is 56.0 Å². The minimum absolute atomic E-state index is 0.255. The van der Waals surface area contributed by atoms with Crippen molar-refractivity contribution in [1.29, 1.82) is 0 Å². The van der Waals surface area contributed by atoms with Gasteiger partial charge in [-0.25, -0.2) is 13.1 Å². The zero-order valence-corrected chi connectivity index (χ0v) is 22.1. The van der Waals surface area contributed by atoms with Gasteiger partial charge in [0.1, 0.15) is 0 Å². The van der Waals surface area contributed by atoms with E-state index < -0.39 is 23.4 Å². The maximum atomic E-state index is 13.0. The maximum absolute atomic E-state index is 13.0. The van der Waals surface area contributed by atoms with Crippen LogP contribution in [0.4, 0.5) is 0 Å². The molecule has 0 bridgehead atoms. The van der Waals surface area contributed by atoms with Crippen LogP contribution in [0, 0.1) is 6.92 Å². The first-order valence-electron chi connectivity index (χ1n) is 11.6. The highest BCUT2D eigenvalue weighted by Crippen LogP contribution is 2.40. The van der Waals surface area contributed by atoms with E-state index in [1.807, 2.05) is 67.6 Å². The fourth-order valence-electron chi connectivity index (χ4n) is 4.45. The highest BCUT2D eigenvalue weighted by Gasteiger charge is 2.49. The largest absolute Gasteiger partial charge is 0.424 e. The number of rotatable bonds is 11. The van der Waals surface area contributed by atoms with E-state index in [9.17, 15) is 13.2 Å². The zero-order chi connectivity index (χ0) is 24.8. The van der Waals surface area contributed by atoms with Crippen LogP contribution in [0.5, 0.6) is 0 Å². The molecule has 0 aromatic heterocycles. The van der Waals surface area contributed by atoms with Crippen molar-refractivity contribution < 1.29 is 13.2 Å². The molecule has 0 radical (unpaired) electrons. The molecule has 0 aliphatic heterocycles. The van der Waals surface area contributed by atoms with E-state index in [2.05, 4.69) is 25.1 Å². The van der Waals surface area contributed by atoms with Crippen LogP contribution in [-0.2, 0) is 10.0 Å². The van der Waals surface area contributed by atoms with Crippen molar-refractivity contribution in [3.63, 3.8) is 0 Å². The molecule has 34 heavy (non-hydrogen) atoms. The average molecular weight is 494 g/mol. The SMILES string of the molecule is C=CC[C@@H](CCC(C)(C)[Si](O)(c1ccccc1)c1ccccc1)NS(=O)(=O)c1ccc(C)cc1. The summed E-state index contributed by atoms with van der Waals surface area (Å²) in [7, 11) is -6.81. The van der Waals surface area contributed by atoms with E-state index in [0.717, 1.165) is 15.9 Å². The molecule has 0 amide bonds. The number of benzene rings is 3. The lowest BCUT2D eigenvalue weighted by Gasteiger charge is -2.42. The Labute approximate surface area is 205 Å². The van der Waals surface area contributed by atoms with E-state index in [-0.39, 0.29) is 10.9 Å². The van der Waals surface area contributed by atoms with Crippen molar-refractivity contribution in [1.82, 2.24) is 4.72 Å². The quantitative estimate of drug-likeness (QED) is 0.305. The highest BCUT2D eigenvalue weighted by atomic mass is 32.2. The summed E-state index contributed by atoms with van der Waals surface area (Å²) in [5.41, 5.74) is 1.01. The third-order valence-corrected chi connectivity index (χ3v) is 12.7. The Balaban J connectivity index is 1.87. The Morgan fingerprint density at radius 2 is 1.44 bits per heavy atom. The van der Waals surface area contributed by atoms with Gasteiger partial charge in [0.15, 0.2) is 0 Å². The molecule has 3 aromatic rings. The topological polar surface area (TPSA) is 66.4 Å². The van der Waals surface area contributed by atoms with Crippen molar-refractivity contribution >= 4 is 28.7 Å². The summed E-state index contributed by atoms with van der Waals surface area (Å²) < 4.78 is 28.9. The second-order valence-electron chi connectivity index (χ2n) is 9.52. The number of hydrogen-bond acceptors (Lipinski definition) is 3. The van der Waals surface area contributed by atoms with Crippen molar-refractivity contribution in [3.8, 4) is 0 Å². The zero-order valence-electron chi connectivity index (χ0n) is 20.2. The Morgan fingerprint density at radius 3 is 1.91 bits per heavy atom. The second kappa shape index (κ2) is 10.8. The summed E-state index contributed by atoms with van der Waals surface area (Å²) in [6.07, 6.45) is 3.48. The molecule has 180 valence electrons. The van der Waals surface area contributed by atoms with Crippen LogP contribution in [0.25, 0.3) is 0 Å². The van der Waals surface area contributed by atoms with Gasteiger partial charge in [-0.3, -0.25) is 0 Å². The first kappa shape index (κ1) is 26.1. The fourth-order valence-corrected chi connectivity index (χ4v) is 9.49. The van der Waals surface area contributed by atoms with Crippen molar-refractivity contribution in [3.05, 3.63) is 103 Å². The molecule has 4 nitrogen and oxygen atoms in total. The lowest BCUT2D eigenvalue weighted by Crippen LogP contribution is -2.65. The van der Waals surface area contributed by atoms with Gasteiger partial charge >= 0.3 is 0 Å². The molecular formula is C28H35NO3SSi. The van der Waals surface area contributed by atoms with Gasteiger partial charge in [0.2, 0.25) is 10.0 Å². The minimum atomic E-state index is -3.65.